The van der Waals surface area contributed by atoms with Gasteiger partial charge in [-0.05, 0) is 38.1 Å². The first kappa shape index (κ1) is 13.6. The van der Waals surface area contributed by atoms with Crippen molar-refractivity contribution >= 4 is 26.0 Å². The number of halogens is 1. The van der Waals surface area contributed by atoms with E-state index < -0.39 is 22.2 Å². The second-order valence-electron chi connectivity index (χ2n) is 3.60. The number of aliphatic hydroxyl groups excluding tert-OH is 1. The van der Waals surface area contributed by atoms with Crippen molar-refractivity contribution in [1.29, 1.82) is 0 Å². The van der Waals surface area contributed by atoms with Crippen molar-refractivity contribution in [1.82, 2.24) is 4.72 Å². The number of nitrogens with one attached hydrogen (secondary N) is 1. The number of hydrogen-bond donors (Lipinski definition) is 2. The van der Waals surface area contributed by atoms with Crippen LogP contribution in [-0.2, 0) is 10.0 Å². The minimum absolute atomic E-state index is 0.184. The summed E-state index contributed by atoms with van der Waals surface area (Å²) in [6.45, 7) is 3.15. The van der Waals surface area contributed by atoms with E-state index in [1.165, 1.54) is 19.1 Å². The minimum atomic E-state index is -3.55. The Balaban J connectivity index is 2.90. The summed E-state index contributed by atoms with van der Waals surface area (Å²) in [6, 6.07) is 5.79. The fourth-order valence-electron chi connectivity index (χ4n) is 1.02. The van der Waals surface area contributed by atoms with E-state index >= 15 is 0 Å². The Labute approximate surface area is 104 Å². The molecule has 1 aromatic rings. The summed E-state index contributed by atoms with van der Waals surface area (Å²) in [4.78, 5) is 0.184. The van der Waals surface area contributed by atoms with Crippen molar-refractivity contribution in [2.45, 2.75) is 30.9 Å². The van der Waals surface area contributed by atoms with Crippen LogP contribution in [0.15, 0.2) is 33.6 Å². The Bertz CT molecular complexity index is 442. The van der Waals surface area contributed by atoms with Crippen LogP contribution in [0.4, 0.5) is 0 Å². The Morgan fingerprint density at radius 3 is 2.19 bits per heavy atom. The average molecular weight is 308 g/mol. The number of aliphatic hydroxyl groups is 1. The molecular formula is C10H14BrNO3S. The Morgan fingerprint density at radius 1 is 1.25 bits per heavy atom. The topological polar surface area (TPSA) is 66.4 Å². The molecule has 0 aromatic heterocycles. The van der Waals surface area contributed by atoms with Gasteiger partial charge in [-0.25, -0.2) is 13.1 Å². The first-order valence-electron chi connectivity index (χ1n) is 4.79. The fourth-order valence-corrected chi connectivity index (χ4v) is 2.61. The van der Waals surface area contributed by atoms with Crippen LogP contribution in [0.25, 0.3) is 0 Å². The van der Waals surface area contributed by atoms with Gasteiger partial charge in [0.2, 0.25) is 10.0 Å². The lowest BCUT2D eigenvalue weighted by Crippen LogP contribution is -2.39. The average Bonchev–Trinajstić information content (AvgIpc) is 2.17. The van der Waals surface area contributed by atoms with Crippen molar-refractivity contribution in [2.75, 3.05) is 0 Å². The molecule has 90 valence electrons. The van der Waals surface area contributed by atoms with E-state index in [1.807, 2.05) is 0 Å². The molecule has 0 saturated heterocycles. The van der Waals surface area contributed by atoms with Gasteiger partial charge in [0, 0.05) is 10.5 Å². The third kappa shape index (κ3) is 3.55. The molecule has 0 aliphatic heterocycles. The number of hydrogen-bond acceptors (Lipinski definition) is 3. The molecule has 4 nitrogen and oxygen atoms in total. The predicted octanol–water partition coefficient (Wildman–Crippen LogP) is 1.50. The molecule has 0 aliphatic carbocycles. The zero-order chi connectivity index (χ0) is 12.3. The SMILES string of the molecule is CC(O)C(C)NS(=O)(=O)c1ccc(Br)cc1. The molecule has 16 heavy (non-hydrogen) atoms. The monoisotopic (exact) mass is 307 g/mol. The van der Waals surface area contributed by atoms with E-state index in [0.29, 0.717) is 0 Å². The normalized spacial score (nSPS) is 15.8. The summed E-state index contributed by atoms with van der Waals surface area (Å²) < 4.78 is 26.9. The molecule has 0 spiro atoms. The van der Waals surface area contributed by atoms with Crippen LogP contribution in [0.2, 0.25) is 0 Å². The summed E-state index contributed by atoms with van der Waals surface area (Å²) in [6.07, 6.45) is -0.731. The molecule has 1 rings (SSSR count). The fraction of sp³-hybridized carbons (Fsp3) is 0.400. The number of sulfonamides is 1. The summed E-state index contributed by atoms with van der Waals surface area (Å²) in [7, 11) is -3.55. The van der Waals surface area contributed by atoms with E-state index in [0.717, 1.165) is 4.47 Å². The molecule has 2 N–H and O–H groups in total. The van der Waals surface area contributed by atoms with Crippen molar-refractivity contribution in [3.05, 3.63) is 28.7 Å². The van der Waals surface area contributed by atoms with Gasteiger partial charge in [-0.3, -0.25) is 0 Å². The summed E-state index contributed by atoms with van der Waals surface area (Å²) in [5.41, 5.74) is 0. The molecule has 0 radical (unpaired) electrons. The lowest BCUT2D eigenvalue weighted by atomic mass is 10.2. The summed E-state index contributed by atoms with van der Waals surface area (Å²) >= 11 is 3.23. The van der Waals surface area contributed by atoms with Crippen molar-refractivity contribution in [3.63, 3.8) is 0 Å². The summed E-state index contributed by atoms with van der Waals surface area (Å²) in [5, 5.41) is 9.24. The smallest absolute Gasteiger partial charge is 0.240 e. The zero-order valence-electron chi connectivity index (χ0n) is 9.01. The molecular weight excluding hydrogens is 294 g/mol. The Kier molecular flexibility index (Phi) is 4.49. The highest BCUT2D eigenvalue weighted by atomic mass is 79.9. The predicted molar refractivity (Wildman–Crippen MR) is 65.6 cm³/mol. The maximum atomic E-state index is 11.8. The quantitative estimate of drug-likeness (QED) is 0.886. The van der Waals surface area contributed by atoms with Crippen molar-refractivity contribution in [3.8, 4) is 0 Å². The first-order valence-corrected chi connectivity index (χ1v) is 7.06. The van der Waals surface area contributed by atoms with Crippen LogP contribution in [0.5, 0.6) is 0 Å². The molecule has 6 heteroatoms. The molecule has 0 fully saturated rings. The molecule has 0 heterocycles. The lowest BCUT2D eigenvalue weighted by molar-refractivity contribution is 0.163. The van der Waals surface area contributed by atoms with E-state index in [9.17, 15) is 13.5 Å². The van der Waals surface area contributed by atoms with Gasteiger partial charge < -0.3 is 5.11 Å². The van der Waals surface area contributed by atoms with E-state index in [1.54, 1.807) is 19.1 Å². The summed E-state index contributed by atoms with van der Waals surface area (Å²) in [5.74, 6) is 0. The molecule has 2 atom stereocenters. The molecule has 2 unspecified atom stereocenters. The molecule has 0 aliphatic rings. The lowest BCUT2D eigenvalue weighted by Gasteiger charge is -2.16. The largest absolute Gasteiger partial charge is 0.392 e. The molecule has 0 bridgehead atoms. The van der Waals surface area contributed by atoms with E-state index in [2.05, 4.69) is 20.7 Å². The van der Waals surface area contributed by atoms with Gasteiger partial charge in [0.15, 0.2) is 0 Å². The van der Waals surface area contributed by atoms with Crippen LogP contribution >= 0.6 is 15.9 Å². The standard InChI is InChI=1S/C10H14BrNO3S/c1-7(8(2)13)12-16(14,15)10-5-3-9(11)4-6-10/h3-8,12-13H,1-2H3. The van der Waals surface area contributed by atoms with Crippen molar-refractivity contribution < 1.29 is 13.5 Å². The van der Waals surface area contributed by atoms with Crippen LogP contribution < -0.4 is 4.72 Å². The van der Waals surface area contributed by atoms with Gasteiger partial charge in [-0.15, -0.1) is 0 Å². The third-order valence-corrected chi connectivity index (χ3v) is 4.29. The highest BCUT2D eigenvalue weighted by molar-refractivity contribution is 9.10. The van der Waals surface area contributed by atoms with Gasteiger partial charge >= 0.3 is 0 Å². The van der Waals surface area contributed by atoms with Crippen molar-refractivity contribution in [2.24, 2.45) is 0 Å². The molecule has 0 amide bonds. The van der Waals surface area contributed by atoms with Crippen LogP contribution in [-0.4, -0.2) is 25.7 Å². The van der Waals surface area contributed by atoms with E-state index in [4.69, 9.17) is 0 Å². The van der Waals surface area contributed by atoms with Crippen LogP contribution in [0.1, 0.15) is 13.8 Å². The first-order chi connectivity index (χ1) is 7.33. The minimum Gasteiger partial charge on any atom is -0.392 e. The van der Waals surface area contributed by atoms with E-state index in [-0.39, 0.29) is 4.90 Å². The highest BCUT2D eigenvalue weighted by Crippen LogP contribution is 2.15. The highest BCUT2D eigenvalue weighted by Gasteiger charge is 2.19. The number of benzene rings is 1. The zero-order valence-corrected chi connectivity index (χ0v) is 11.4. The third-order valence-electron chi connectivity index (χ3n) is 2.19. The molecule has 1 aromatic carbocycles. The second-order valence-corrected chi connectivity index (χ2v) is 6.23. The van der Waals surface area contributed by atoms with Gasteiger partial charge in [-0.1, -0.05) is 15.9 Å². The maximum Gasteiger partial charge on any atom is 0.240 e. The number of rotatable bonds is 4. The Morgan fingerprint density at radius 2 is 1.75 bits per heavy atom. The second kappa shape index (κ2) is 5.27. The van der Waals surface area contributed by atoms with Gasteiger partial charge in [0.05, 0.1) is 11.0 Å². The maximum absolute atomic E-state index is 11.8. The van der Waals surface area contributed by atoms with Crippen LogP contribution in [0, 0.1) is 0 Å². The molecule has 0 saturated carbocycles. The van der Waals surface area contributed by atoms with Crippen LogP contribution in [0.3, 0.4) is 0 Å². The van der Waals surface area contributed by atoms with Gasteiger partial charge in [-0.2, -0.15) is 0 Å². The Hall–Kier alpha value is -0.430. The van der Waals surface area contributed by atoms with Gasteiger partial charge in [0.25, 0.3) is 0 Å². The van der Waals surface area contributed by atoms with Gasteiger partial charge in [0.1, 0.15) is 0 Å².